The molecule has 0 fully saturated rings. The van der Waals surface area contributed by atoms with Crippen LogP contribution < -0.4 is 9.79 Å². The molecule has 3 nitrogen and oxygen atoms in total. The van der Waals surface area contributed by atoms with Crippen molar-refractivity contribution in [2.24, 2.45) is 0 Å². The molecule has 0 saturated heterocycles. The second-order valence-corrected chi connectivity index (χ2v) is 5.55. The summed E-state index contributed by atoms with van der Waals surface area (Å²) in [6, 6.07) is 0. The molecule has 1 atom stereocenters. The first-order valence-corrected chi connectivity index (χ1v) is 7.74. The van der Waals surface area contributed by atoms with E-state index in [1.54, 1.807) is 0 Å². The number of rotatable bonds is 11. The van der Waals surface area contributed by atoms with Gasteiger partial charge in [-0.1, -0.05) is 64.7 Å². The molecule has 0 aliphatic carbocycles. The van der Waals surface area contributed by atoms with Gasteiger partial charge in [-0.05, 0) is 6.42 Å². The third kappa shape index (κ3) is 10.8. The lowest BCUT2D eigenvalue weighted by atomic mass is 10.1. The maximum absolute atomic E-state index is 10.4. The molecular weight excluding hydrogens is 223 g/mol. The van der Waals surface area contributed by atoms with Gasteiger partial charge < -0.3 is 14.9 Å². The fraction of sp³-hybridized carbons (Fsp3) is 1.00. The highest BCUT2D eigenvalue weighted by Crippen LogP contribution is 2.23. The largest absolute Gasteiger partial charge is 0.840 e. The number of hydrogen-bond donors (Lipinski definition) is 1. The molecule has 0 spiro atoms. The Labute approximate surface area is 101 Å². The Bertz CT molecular complexity index is 142. The maximum atomic E-state index is 10.4. The third-order valence-electron chi connectivity index (χ3n) is 2.81. The van der Waals surface area contributed by atoms with Gasteiger partial charge in [0.1, 0.15) is 0 Å². The van der Waals surface area contributed by atoms with Gasteiger partial charge in [0, 0.05) is 5.85 Å². The summed E-state index contributed by atoms with van der Waals surface area (Å²) in [5.74, 6) is -1.13. The molecule has 1 unspecified atom stereocenters. The van der Waals surface area contributed by atoms with Crippen LogP contribution in [0.3, 0.4) is 0 Å². The van der Waals surface area contributed by atoms with E-state index in [0.29, 0.717) is 6.42 Å². The highest BCUT2D eigenvalue weighted by atomic mass is 31.2. The lowest BCUT2D eigenvalue weighted by molar-refractivity contribution is -0.300. The first-order chi connectivity index (χ1) is 7.68. The van der Waals surface area contributed by atoms with E-state index in [-0.39, 0.29) is 0 Å². The predicted octanol–water partition coefficient (Wildman–Crippen LogP) is 2.26. The summed E-state index contributed by atoms with van der Waals surface area (Å²) in [4.78, 5) is 20.7. The van der Waals surface area contributed by atoms with Crippen molar-refractivity contribution in [3.63, 3.8) is 0 Å². The van der Waals surface area contributed by atoms with Crippen molar-refractivity contribution >= 4 is 8.38 Å². The van der Waals surface area contributed by atoms with Gasteiger partial charge >= 0.3 is 0 Å². The average molecular weight is 248 g/mol. The Morgan fingerprint density at radius 2 is 1.31 bits per heavy atom. The lowest BCUT2D eigenvalue weighted by Crippen LogP contribution is -2.20. The molecule has 0 aliphatic rings. The molecule has 0 heterocycles. The minimum absolute atomic E-state index is 0.397. The average Bonchev–Trinajstić information content (AvgIpc) is 2.26. The van der Waals surface area contributed by atoms with E-state index < -0.39 is 14.2 Å². The quantitative estimate of drug-likeness (QED) is 0.450. The SMILES string of the molecule is CCCCCCCCCCCC(O)P([O-])[O-]. The molecule has 0 amide bonds. The van der Waals surface area contributed by atoms with Crippen LogP contribution in [-0.4, -0.2) is 11.0 Å². The Morgan fingerprint density at radius 3 is 1.75 bits per heavy atom. The Kier molecular flexibility index (Phi) is 12.0. The van der Waals surface area contributed by atoms with Crippen LogP contribution in [0.15, 0.2) is 0 Å². The molecule has 0 saturated carbocycles. The lowest BCUT2D eigenvalue weighted by Gasteiger charge is -2.36. The summed E-state index contributed by atoms with van der Waals surface area (Å²) in [5, 5.41) is 9.03. The second kappa shape index (κ2) is 11.8. The van der Waals surface area contributed by atoms with Crippen molar-refractivity contribution in [2.45, 2.75) is 77.0 Å². The predicted molar refractivity (Wildman–Crippen MR) is 64.8 cm³/mol. The molecule has 0 bridgehead atoms. The van der Waals surface area contributed by atoms with Gasteiger partial charge in [-0.2, -0.15) is 0 Å². The van der Waals surface area contributed by atoms with Crippen LogP contribution in [0.1, 0.15) is 71.1 Å². The zero-order valence-corrected chi connectivity index (χ0v) is 11.3. The molecule has 0 aromatic carbocycles. The van der Waals surface area contributed by atoms with Crippen LogP contribution in [0, 0.1) is 0 Å². The van der Waals surface area contributed by atoms with Gasteiger partial charge in [0.2, 0.25) is 0 Å². The normalized spacial score (nSPS) is 13.3. The van der Waals surface area contributed by atoms with Crippen LogP contribution in [0.5, 0.6) is 0 Å². The molecule has 0 aromatic heterocycles. The fourth-order valence-corrected chi connectivity index (χ4v) is 2.14. The highest BCUT2D eigenvalue weighted by molar-refractivity contribution is 7.42. The van der Waals surface area contributed by atoms with Gasteiger partial charge in [-0.15, -0.1) is 0 Å². The van der Waals surface area contributed by atoms with E-state index in [2.05, 4.69) is 6.92 Å². The van der Waals surface area contributed by atoms with E-state index in [4.69, 9.17) is 5.11 Å². The first-order valence-electron chi connectivity index (χ1n) is 6.50. The van der Waals surface area contributed by atoms with Gasteiger partial charge in [-0.25, -0.2) is 0 Å². The Balaban J connectivity index is 3.04. The Morgan fingerprint density at radius 1 is 0.875 bits per heavy atom. The van der Waals surface area contributed by atoms with Crippen LogP contribution >= 0.6 is 8.38 Å². The molecule has 4 heteroatoms. The van der Waals surface area contributed by atoms with Gasteiger partial charge in [0.25, 0.3) is 0 Å². The van der Waals surface area contributed by atoms with E-state index in [1.807, 2.05) is 0 Å². The smallest absolute Gasteiger partial charge is 0.0434 e. The van der Waals surface area contributed by atoms with Crippen molar-refractivity contribution in [1.82, 2.24) is 0 Å². The van der Waals surface area contributed by atoms with Gasteiger partial charge in [0.15, 0.2) is 0 Å². The summed E-state index contributed by atoms with van der Waals surface area (Å²) >= 11 is 0. The van der Waals surface area contributed by atoms with Crippen molar-refractivity contribution in [2.75, 3.05) is 0 Å². The molecule has 0 aliphatic heterocycles. The van der Waals surface area contributed by atoms with E-state index >= 15 is 0 Å². The monoisotopic (exact) mass is 248 g/mol. The first kappa shape index (κ1) is 16.3. The zero-order chi connectivity index (χ0) is 12.2. The van der Waals surface area contributed by atoms with E-state index in [1.165, 1.54) is 38.5 Å². The molecule has 1 N–H and O–H groups in total. The van der Waals surface area contributed by atoms with Crippen LogP contribution in [0.25, 0.3) is 0 Å². The molecule has 0 rings (SSSR count). The fourth-order valence-electron chi connectivity index (χ4n) is 1.74. The molecular formula is C12H25O3P-2. The van der Waals surface area contributed by atoms with Crippen molar-refractivity contribution in [1.29, 1.82) is 0 Å². The van der Waals surface area contributed by atoms with Crippen LogP contribution in [-0.2, 0) is 0 Å². The van der Waals surface area contributed by atoms with Crippen molar-refractivity contribution < 1.29 is 14.9 Å². The summed E-state index contributed by atoms with van der Waals surface area (Å²) < 4.78 is 0. The van der Waals surface area contributed by atoms with E-state index in [0.717, 1.165) is 19.3 Å². The number of aliphatic hydroxyl groups is 1. The van der Waals surface area contributed by atoms with Gasteiger partial charge in [-0.3, -0.25) is 8.38 Å². The standard InChI is InChI=1S/C12H25O3P/c1-2-3-4-5-6-7-8-9-10-11-12(13)16(14)15/h12-13H,2-11H2,1H3/q-2. The van der Waals surface area contributed by atoms with Crippen LogP contribution in [0.2, 0.25) is 0 Å². The topological polar surface area (TPSA) is 66.3 Å². The molecule has 0 radical (unpaired) electrons. The van der Waals surface area contributed by atoms with Gasteiger partial charge in [0.05, 0.1) is 0 Å². The number of aliphatic hydroxyl groups excluding tert-OH is 1. The highest BCUT2D eigenvalue weighted by Gasteiger charge is 1.98. The maximum Gasteiger partial charge on any atom is 0.0434 e. The minimum Gasteiger partial charge on any atom is -0.840 e. The second-order valence-electron chi connectivity index (χ2n) is 4.38. The Hall–Kier alpha value is 0.310. The summed E-state index contributed by atoms with van der Waals surface area (Å²) in [7, 11) is -2.64. The van der Waals surface area contributed by atoms with Crippen molar-refractivity contribution in [3.05, 3.63) is 0 Å². The summed E-state index contributed by atoms with van der Waals surface area (Å²) in [6.07, 6.45) is 11.2. The van der Waals surface area contributed by atoms with Crippen LogP contribution in [0.4, 0.5) is 0 Å². The molecule has 0 aromatic rings. The third-order valence-corrected chi connectivity index (χ3v) is 3.55. The van der Waals surface area contributed by atoms with Crippen molar-refractivity contribution in [3.8, 4) is 0 Å². The number of hydrogen-bond acceptors (Lipinski definition) is 3. The number of unbranched alkanes of at least 4 members (excludes halogenated alkanes) is 8. The molecule has 98 valence electrons. The summed E-state index contributed by atoms with van der Waals surface area (Å²) in [5.41, 5.74) is 0. The minimum atomic E-state index is -2.64. The zero-order valence-electron chi connectivity index (χ0n) is 10.4. The summed E-state index contributed by atoms with van der Waals surface area (Å²) in [6.45, 7) is 2.21. The molecule has 16 heavy (non-hydrogen) atoms. The van der Waals surface area contributed by atoms with E-state index in [9.17, 15) is 9.79 Å².